The van der Waals surface area contributed by atoms with Gasteiger partial charge >= 0.3 is 6.03 Å². The van der Waals surface area contributed by atoms with Crippen molar-refractivity contribution >= 4 is 6.03 Å². The van der Waals surface area contributed by atoms with Crippen molar-refractivity contribution in [3.63, 3.8) is 0 Å². The van der Waals surface area contributed by atoms with Crippen molar-refractivity contribution in [2.75, 3.05) is 52.5 Å². The minimum Gasteiger partial charge on any atom is -0.379 e. The second-order valence-electron chi connectivity index (χ2n) is 8.14. The second-order valence-corrected chi connectivity index (χ2v) is 8.14. The summed E-state index contributed by atoms with van der Waals surface area (Å²) in [6.07, 6.45) is 2.48. The Kier molecular flexibility index (Phi) is 7.10. The van der Waals surface area contributed by atoms with Crippen molar-refractivity contribution in [2.45, 2.75) is 38.3 Å². The lowest BCUT2D eigenvalue weighted by molar-refractivity contribution is -0.00875. The maximum absolute atomic E-state index is 12.4. The lowest BCUT2D eigenvalue weighted by Gasteiger charge is -2.40. The van der Waals surface area contributed by atoms with E-state index in [1.807, 2.05) is 6.07 Å². The Balaban J connectivity index is 1.50. The summed E-state index contributed by atoms with van der Waals surface area (Å²) in [4.78, 5) is 17.3. The highest BCUT2D eigenvalue weighted by Crippen LogP contribution is 2.24. The molecule has 2 amide bonds. The highest BCUT2D eigenvalue weighted by Gasteiger charge is 2.29. The molecule has 6 heteroatoms. The Morgan fingerprint density at radius 1 is 1.07 bits per heavy atom. The van der Waals surface area contributed by atoms with E-state index in [-0.39, 0.29) is 17.6 Å². The molecule has 27 heavy (non-hydrogen) atoms. The van der Waals surface area contributed by atoms with Gasteiger partial charge in [0.15, 0.2) is 0 Å². The molecule has 0 spiro atoms. The summed E-state index contributed by atoms with van der Waals surface area (Å²) in [5, 5.41) is 6.17. The number of benzene rings is 1. The first-order valence-electron chi connectivity index (χ1n) is 10.2. The van der Waals surface area contributed by atoms with E-state index in [1.165, 1.54) is 18.4 Å². The summed E-state index contributed by atoms with van der Waals surface area (Å²) in [5.41, 5.74) is 1.20. The van der Waals surface area contributed by atoms with E-state index < -0.39 is 0 Å². The zero-order valence-corrected chi connectivity index (χ0v) is 16.7. The van der Waals surface area contributed by atoms with Crippen LogP contribution in [0.25, 0.3) is 0 Å². The molecule has 0 radical (unpaired) electrons. The molecule has 2 saturated heterocycles. The van der Waals surface area contributed by atoms with Gasteiger partial charge in [0.1, 0.15) is 0 Å². The molecule has 1 atom stereocenters. The third-order valence-electron chi connectivity index (χ3n) is 5.77. The Morgan fingerprint density at radius 3 is 2.41 bits per heavy atom. The first kappa shape index (κ1) is 20.1. The predicted octanol–water partition coefficient (Wildman–Crippen LogP) is 2.23. The number of urea groups is 1. The van der Waals surface area contributed by atoms with E-state index in [4.69, 9.17) is 4.74 Å². The zero-order valence-electron chi connectivity index (χ0n) is 16.7. The van der Waals surface area contributed by atoms with Crippen LogP contribution in [-0.2, 0) is 4.74 Å². The third-order valence-corrected chi connectivity index (χ3v) is 5.77. The number of carbonyl (C=O) groups is 1. The molecular formula is C21H34N4O2. The lowest BCUT2D eigenvalue weighted by atomic mass is 10.0. The van der Waals surface area contributed by atoms with Crippen molar-refractivity contribution in [3.05, 3.63) is 35.9 Å². The summed E-state index contributed by atoms with van der Waals surface area (Å²) in [6.45, 7) is 11.2. The molecule has 150 valence electrons. The van der Waals surface area contributed by atoms with Crippen molar-refractivity contribution < 1.29 is 9.53 Å². The van der Waals surface area contributed by atoms with Crippen LogP contribution < -0.4 is 10.6 Å². The number of nitrogens with one attached hydrogen (secondary N) is 2. The van der Waals surface area contributed by atoms with Crippen molar-refractivity contribution in [1.29, 1.82) is 0 Å². The molecule has 3 rings (SSSR count). The van der Waals surface area contributed by atoms with E-state index >= 15 is 0 Å². The molecule has 1 aromatic rings. The molecule has 2 aliphatic rings. The number of likely N-dealkylation sites (tertiary alicyclic amines) is 1. The van der Waals surface area contributed by atoms with Gasteiger partial charge < -0.3 is 15.4 Å². The van der Waals surface area contributed by atoms with E-state index in [2.05, 4.69) is 58.5 Å². The maximum Gasteiger partial charge on any atom is 0.314 e. The standard InChI is InChI=1S/C21H34N4O2/c1-21(2,25-12-14-27-15-13-25)17-23-20(26)22-16-19(24-10-6-7-11-24)18-8-4-3-5-9-18/h3-5,8-9,19H,6-7,10-17H2,1-2H3,(H2,22,23,26). The van der Waals surface area contributed by atoms with E-state index in [9.17, 15) is 4.79 Å². The van der Waals surface area contributed by atoms with Crippen LogP contribution in [0.4, 0.5) is 4.79 Å². The monoisotopic (exact) mass is 374 g/mol. The highest BCUT2D eigenvalue weighted by atomic mass is 16.5. The van der Waals surface area contributed by atoms with Crippen LogP contribution >= 0.6 is 0 Å². The molecule has 1 aromatic carbocycles. The molecule has 1 unspecified atom stereocenters. The summed E-state index contributed by atoms with van der Waals surface area (Å²) in [5.74, 6) is 0. The molecule has 2 aliphatic heterocycles. The highest BCUT2D eigenvalue weighted by molar-refractivity contribution is 5.74. The molecule has 0 aromatic heterocycles. The summed E-state index contributed by atoms with van der Waals surface area (Å²) < 4.78 is 5.43. The van der Waals surface area contributed by atoms with Gasteiger partial charge in [0, 0.05) is 31.7 Å². The predicted molar refractivity (Wildman–Crippen MR) is 108 cm³/mol. The second kappa shape index (κ2) is 9.53. The van der Waals surface area contributed by atoms with E-state index in [1.54, 1.807) is 0 Å². The molecule has 2 heterocycles. The van der Waals surface area contributed by atoms with Crippen molar-refractivity contribution in [3.8, 4) is 0 Å². The van der Waals surface area contributed by atoms with Crippen LogP contribution in [0.2, 0.25) is 0 Å². The normalized spacial score (nSPS) is 20.4. The third kappa shape index (κ3) is 5.67. The summed E-state index contributed by atoms with van der Waals surface area (Å²) >= 11 is 0. The van der Waals surface area contributed by atoms with Crippen LogP contribution in [0.5, 0.6) is 0 Å². The van der Waals surface area contributed by atoms with Gasteiger partial charge in [0.25, 0.3) is 0 Å². The molecule has 0 saturated carbocycles. The maximum atomic E-state index is 12.4. The van der Waals surface area contributed by atoms with Gasteiger partial charge in [-0.25, -0.2) is 4.79 Å². The summed E-state index contributed by atoms with van der Waals surface area (Å²) in [7, 11) is 0. The quantitative estimate of drug-likeness (QED) is 0.769. The molecule has 0 aliphatic carbocycles. The van der Waals surface area contributed by atoms with Gasteiger partial charge in [0.2, 0.25) is 0 Å². The lowest BCUT2D eigenvalue weighted by Crippen LogP contribution is -2.56. The van der Waals surface area contributed by atoms with Gasteiger partial charge in [-0.2, -0.15) is 0 Å². The van der Waals surface area contributed by atoms with Crippen LogP contribution in [0, 0.1) is 0 Å². The Labute approximate surface area is 163 Å². The first-order chi connectivity index (χ1) is 13.1. The van der Waals surface area contributed by atoms with E-state index in [0.29, 0.717) is 13.1 Å². The van der Waals surface area contributed by atoms with Gasteiger partial charge in [0.05, 0.1) is 19.3 Å². The fourth-order valence-corrected chi connectivity index (χ4v) is 4.02. The number of nitrogens with zero attached hydrogens (tertiary/aromatic N) is 2. The summed E-state index contributed by atoms with van der Waals surface area (Å²) in [6, 6.07) is 10.7. The molecule has 2 fully saturated rings. The Hall–Kier alpha value is -1.63. The number of carbonyl (C=O) groups excluding carboxylic acids is 1. The van der Waals surface area contributed by atoms with Gasteiger partial charge in [-0.05, 0) is 45.3 Å². The first-order valence-corrected chi connectivity index (χ1v) is 10.2. The molecular weight excluding hydrogens is 340 g/mol. The number of morpholine rings is 1. The van der Waals surface area contributed by atoms with Crippen LogP contribution in [-0.4, -0.2) is 73.9 Å². The average molecular weight is 375 g/mol. The number of hydrogen-bond acceptors (Lipinski definition) is 4. The Morgan fingerprint density at radius 2 is 1.74 bits per heavy atom. The van der Waals surface area contributed by atoms with Crippen LogP contribution in [0.1, 0.15) is 38.3 Å². The van der Waals surface area contributed by atoms with Crippen LogP contribution in [0.3, 0.4) is 0 Å². The average Bonchev–Trinajstić information content (AvgIpc) is 3.23. The number of amides is 2. The zero-order chi connectivity index (χ0) is 19.1. The smallest absolute Gasteiger partial charge is 0.314 e. The van der Waals surface area contributed by atoms with E-state index in [0.717, 1.165) is 39.4 Å². The molecule has 6 nitrogen and oxygen atoms in total. The Bertz CT molecular complexity index is 581. The van der Waals surface area contributed by atoms with Crippen LogP contribution in [0.15, 0.2) is 30.3 Å². The molecule has 2 N–H and O–H groups in total. The number of rotatable bonds is 7. The largest absolute Gasteiger partial charge is 0.379 e. The molecule has 0 bridgehead atoms. The fourth-order valence-electron chi connectivity index (χ4n) is 4.02. The van der Waals surface area contributed by atoms with Gasteiger partial charge in [-0.3, -0.25) is 9.80 Å². The minimum absolute atomic E-state index is 0.0745. The number of hydrogen-bond donors (Lipinski definition) is 2. The number of ether oxygens (including phenoxy) is 1. The van der Waals surface area contributed by atoms with Crippen molar-refractivity contribution in [2.24, 2.45) is 0 Å². The van der Waals surface area contributed by atoms with Gasteiger partial charge in [-0.1, -0.05) is 30.3 Å². The topological polar surface area (TPSA) is 56.8 Å². The fraction of sp³-hybridized carbons (Fsp3) is 0.667. The SMILES string of the molecule is CC(C)(CNC(=O)NCC(c1ccccc1)N1CCCC1)N1CCOCC1. The minimum atomic E-state index is -0.0866. The van der Waals surface area contributed by atoms with Crippen molar-refractivity contribution in [1.82, 2.24) is 20.4 Å². The van der Waals surface area contributed by atoms with Gasteiger partial charge in [-0.15, -0.1) is 0 Å².